The number of nitrogens with two attached hydrogens (primary N) is 1. The highest BCUT2D eigenvalue weighted by atomic mass is 35.5. The number of anilines is 1. The van der Waals surface area contributed by atoms with Crippen LogP contribution in [0.5, 0.6) is 0 Å². The Morgan fingerprint density at radius 1 is 1.22 bits per heavy atom. The van der Waals surface area contributed by atoms with Gasteiger partial charge in [-0.15, -0.1) is 0 Å². The lowest BCUT2D eigenvalue weighted by molar-refractivity contribution is 0.411. The summed E-state index contributed by atoms with van der Waals surface area (Å²) >= 11 is 7.48. The molecule has 1 aromatic heterocycles. The summed E-state index contributed by atoms with van der Waals surface area (Å²) in [7, 11) is 0. The van der Waals surface area contributed by atoms with Crippen LogP contribution in [-0.4, -0.2) is 20.8 Å². The van der Waals surface area contributed by atoms with E-state index in [9.17, 15) is 0 Å². The number of aromatic nitrogens is 2. The maximum absolute atomic E-state index is 6.26. The highest BCUT2D eigenvalue weighted by Crippen LogP contribution is 2.32. The maximum atomic E-state index is 6.26. The first kappa shape index (κ1) is 12.1. The molecule has 1 heterocycles. The van der Waals surface area contributed by atoms with Crippen molar-refractivity contribution < 1.29 is 0 Å². The minimum absolute atomic E-state index is 0.357. The average molecular weight is 283 g/mol. The van der Waals surface area contributed by atoms with Crippen LogP contribution in [0.15, 0.2) is 12.1 Å². The fourth-order valence-corrected chi connectivity index (χ4v) is 3.18. The van der Waals surface area contributed by atoms with E-state index in [1.807, 2.05) is 12.1 Å². The predicted molar refractivity (Wildman–Crippen MR) is 76.3 cm³/mol. The van der Waals surface area contributed by atoms with E-state index in [0.717, 1.165) is 42.4 Å². The summed E-state index contributed by atoms with van der Waals surface area (Å²) in [4.78, 5) is 0. The zero-order valence-electron chi connectivity index (χ0n) is 9.90. The summed E-state index contributed by atoms with van der Waals surface area (Å²) in [5.74, 6) is 0. The zero-order valence-corrected chi connectivity index (χ0v) is 11.5. The van der Waals surface area contributed by atoms with Crippen LogP contribution in [0.25, 0.3) is 11.0 Å². The summed E-state index contributed by atoms with van der Waals surface area (Å²) in [5.41, 5.74) is 8.62. The highest BCUT2D eigenvalue weighted by Gasteiger charge is 2.20. The van der Waals surface area contributed by atoms with Crippen LogP contribution in [0.3, 0.4) is 0 Å². The minimum Gasteiger partial charge on any atom is -0.379 e. The Labute approximate surface area is 115 Å². The summed E-state index contributed by atoms with van der Waals surface area (Å²) in [6, 6.07) is 4.58. The zero-order chi connectivity index (χ0) is 12.5. The topological polar surface area (TPSA) is 63.8 Å². The van der Waals surface area contributed by atoms with Crippen molar-refractivity contribution >= 4 is 40.0 Å². The van der Waals surface area contributed by atoms with E-state index in [1.165, 1.54) is 11.7 Å². The molecule has 1 aromatic carbocycles. The smallest absolute Gasteiger partial charge is 0.129 e. The van der Waals surface area contributed by atoms with Crippen LogP contribution in [-0.2, 0) is 0 Å². The molecule has 3 N–H and O–H groups in total. The SMILES string of the molecule is NC1CCC(Nc2c(Cl)ccc3nsnc23)CC1. The largest absolute Gasteiger partial charge is 0.379 e. The van der Waals surface area contributed by atoms with E-state index in [2.05, 4.69) is 14.1 Å². The van der Waals surface area contributed by atoms with E-state index < -0.39 is 0 Å². The Morgan fingerprint density at radius 2 is 2.00 bits per heavy atom. The molecule has 1 fully saturated rings. The molecule has 0 aliphatic heterocycles. The quantitative estimate of drug-likeness (QED) is 0.889. The van der Waals surface area contributed by atoms with Gasteiger partial charge < -0.3 is 11.1 Å². The summed E-state index contributed by atoms with van der Waals surface area (Å²) < 4.78 is 8.56. The van der Waals surface area contributed by atoms with Gasteiger partial charge >= 0.3 is 0 Å². The molecule has 1 aliphatic rings. The predicted octanol–water partition coefficient (Wildman–Crippen LogP) is 3.03. The first-order valence-electron chi connectivity index (χ1n) is 6.17. The number of halogens is 1. The van der Waals surface area contributed by atoms with E-state index >= 15 is 0 Å². The van der Waals surface area contributed by atoms with Gasteiger partial charge in [-0.05, 0) is 37.8 Å². The third-order valence-corrected chi connectivity index (χ3v) is 4.35. The number of rotatable bonds is 2. The number of hydrogen-bond donors (Lipinski definition) is 2. The van der Waals surface area contributed by atoms with Crippen LogP contribution in [0, 0.1) is 0 Å². The van der Waals surface area contributed by atoms with Crippen LogP contribution in [0.4, 0.5) is 5.69 Å². The molecule has 1 aliphatic carbocycles. The van der Waals surface area contributed by atoms with E-state index in [0.29, 0.717) is 17.1 Å². The van der Waals surface area contributed by atoms with Crippen LogP contribution >= 0.6 is 23.3 Å². The number of nitrogens with zero attached hydrogens (tertiary/aromatic N) is 2. The Hall–Kier alpha value is -0.910. The minimum atomic E-state index is 0.357. The van der Waals surface area contributed by atoms with Gasteiger partial charge in [-0.25, -0.2) is 0 Å². The highest BCUT2D eigenvalue weighted by molar-refractivity contribution is 7.00. The van der Waals surface area contributed by atoms with Crippen LogP contribution < -0.4 is 11.1 Å². The summed E-state index contributed by atoms with van der Waals surface area (Å²) in [5, 5.41) is 4.23. The maximum Gasteiger partial charge on any atom is 0.129 e. The number of hydrogen-bond acceptors (Lipinski definition) is 5. The van der Waals surface area contributed by atoms with Crippen molar-refractivity contribution in [2.24, 2.45) is 5.73 Å². The fraction of sp³-hybridized carbons (Fsp3) is 0.500. The van der Waals surface area contributed by atoms with E-state index in [1.54, 1.807) is 0 Å². The average Bonchev–Trinajstić information content (AvgIpc) is 2.84. The molecular weight excluding hydrogens is 268 g/mol. The molecule has 0 radical (unpaired) electrons. The Bertz CT molecular complexity index is 548. The van der Waals surface area contributed by atoms with Gasteiger partial charge in [0.2, 0.25) is 0 Å². The van der Waals surface area contributed by atoms with Gasteiger partial charge in [0.05, 0.1) is 22.4 Å². The Balaban J connectivity index is 1.85. The van der Waals surface area contributed by atoms with Crippen molar-refractivity contribution in [3.05, 3.63) is 17.2 Å². The summed E-state index contributed by atoms with van der Waals surface area (Å²) in [6.07, 6.45) is 4.32. The monoisotopic (exact) mass is 282 g/mol. The lowest BCUT2D eigenvalue weighted by Crippen LogP contribution is -2.32. The second kappa shape index (κ2) is 4.99. The van der Waals surface area contributed by atoms with Crippen LogP contribution in [0.1, 0.15) is 25.7 Å². The molecule has 0 amide bonds. The van der Waals surface area contributed by atoms with Gasteiger partial charge in [0.25, 0.3) is 0 Å². The molecule has 18 heavy (non-hydrogen) atoms. The van der Waals surface area contributed by atoms with Gasteiger partial charge in [0.15, 0.2) is 0 Å². The van der Waals surface area contributed by atoms with Crippen molar-refractivity contribution in [3.8, 4) is 0 Å². The second-order valence-corrected chi connectivity index (χ2v) is 5.75. The van der Waals surface area contributed by atoms with Gasteiger partial charge in [-0.1, -0.05) is 11.6 Å². The summed E-state index contributed by atoms with van der Waals surface area (Å²) in [6.45, 7) is 0. The van der Waals surface area contributed by atoms with Crippen molar-refractivity contribution in [1.82, 2.24) is 8.75 Å². The molecule has 0 saturated heterocycles. The molecule has 3 rings (SSSR count). The number of fused-ring (bicyclic) bond motifs is 1. The number of nitrogens with one attached hydrogen (secondary N) is 1. The molecule has 2 aromatic rings. The van der Waals surface area contributed by atoms with Gasteiger partial charge in [0, 0.05) is 12.1 Å². The second-order valence-electron chi connectivity index (χ2n) is 4.81. The van der Waals surface area contributed by atoms with Crippen molar-refractivity contribution in [2.45, 2.75) is 37.8 Å². The third-order valence-electron chi connectivity index (χ3n) is 3.50. The van der Waals surface area contributed by atoms with Crippen molar-refractivity contribution in [1.29, 1.82) is 0 Å². The molecule has 0 bridgehead atoms. The third kappa shape index (κ3) is 2.30. The molecule has 0 atom stereocenters. The standard InChI is InChI=1S/C12H15ClN4S/c13-9-5-6-10-12(17-18-16-10)11(9)15-8-3-1-7(14)2-4-8/h5-8,15H,1-4,14H2. The Morgan fingerprint density at radius 3 is 2.78 bits per heavy atom. The fourth-order valence-electron chi connectivity index (χ4n) is 2.43. The van der Waals surface area contributed by atoms with E-state index in [-0.39, 0.29) is 0 Å². The molecule has 0 unspecified atom stereocenters. The molecule has 1 saturated carbocycles. The van der Waals surface area contributed by atoms with Gasteiger partial charge in [-0.3, -0.25) is 0 Å². The molecular formula is C12H15ClN4S. The van der Waals surface area contributed by atoms with Crippen molar-refractivity contribution in [2.75, 3.05) is 5.32 Å². The Kier molecular flexibility index (Phi) is 3.37. The van der Waals surface area contributed by atoms with Crippen LogP contribution in [0.2, 0.25) is 5.02 Å². The normalized spacial score (nSPS) is 24.3. The molecule has 0 spiro atoms. The van der Waals surface area contributed by atoms with Crippen molar-refractivity contribution in [3.63, 3.8) is 0 Å². The van der Waals surface area contributed by atoms with Gasteiger partial charge in [0.1, 0.15) is 11.0 Å². The molecule has 4 nitrogen and oxygen atoms in total. The first-order chi connectivity index (χ1) is 8.74. The lowest BCUT2D eigenvalue weighted by Gasteiger charge is -2.28. The number of benzene rings is 1. The van der Waals surface area contributed by atoms with Gasteiger partial charge in [-0.2, -0.15) is 8.75 Å². The molecule has 6 heteroatoms. The first-order valence-corrected chi connectivity index (χ1v) is 7.28. The lowest BCUT2D eigenvalue weighted by atomic mass is 9.91. The van der Waals surface area contributed by atoms with E-state index in [4.69, 9.17) is 17.3 Å². The molecule has 96 valence electrons.